The van der Waals surface area contributed by atoms with Crippen LogP contribution in [0, 0.1) is 18.7 Å². The predicted molar refractivity (Wildman–Crippen MR) is 56.4 cm³/mol. The maximum atomic E-state index is 12.8. The molecule has 1 heterocycles. The maximum Gasteiger partial charge on any atom is 0.163 e. The van der Waals surface area contributed by atoms with Gasteiger partial charge in [-0.1, -0.05) is 0 Å². The van der Waals surface area contributed by atoms with Crippen LogP contribution in [0.5, 0.6) is 0 Å². The van der Waals surface area contributed by atoms with E-state index in [0.29, 0.717) is 17.9 Å². The Morgan fingerprint density at radius 1 is 1.53 bits per heavy atom. The van der Waals surface area contributed by atoms with Crippen molar-refractivity contribution in [3.8, 4) is 0 Å². The molecule has 0 atom stereocenters. The number of carbonyl (C=O) groups is 1. The summed E-state index contributed by atoms with van der Waals surface area (Å²) in [6, 6.07) is 4.34. The monoisotopic (exact) mass is 207 g/mol. The van der Waals surface area contributed by atoms with Crippen LogP contribution in [0.15, 0.2) is 18.2 Å². The number of rotatable bonds is 3. The Kier molecular flexibility index (Phi) is 2.82. The minimum atomic E-state index is -0.283. The number of carbonyl (C=O) groups excluding carboxylic acids is 1. The number of aryl methyl sites for hydroxylation is 1. The number of hydrogen-bond donors (Lipinski definition) is 1. The van der Waals surface area contributed by atoms with E-state index in [1.54, 1.807) is 13.0 Å². The summed E-state index contributed by atoms with van der Waals surface area (Å²) < 4.78 is 12.8. The summed E-state index contributed by atoms with van der Waals surface area (Å²) in [5, 5.41) is 3.13. The van der Waals surface area contributed by atoms with Crippen LogP contribution >= 0.6 is 0 Å². The highest BCUT2D eigenvalue weighted by Gasteiger charge is 2.21. The molecule has 0 aliphatic carbocycles. The van der Waals surface area contributed by atoms with Gasteiger partial charge in [-0.15, -0.1) is 0 Å². The summed E-state index contributed by atoms with van der Waals surface area (Å²) in [5.41, 5.74) is 1.38. The molecule has 3 heteroatoms. The first-order chi connectivity index (χ1) is 7.16. The molecule has 1 aliphatic heterocycles. The largest absolute Gasteiger partial charge is 0.316 e. The van der Waals surface area contributed by atoms with E-state index in [2.05, 4.69) is 5.32 Å². The molecule has 1 aromatic carbocycles. The Morgan fingerprint density at radius 3 is 2.80 bits per heavy atom. The van der Waals surface area contributed by atoms with Crippen molar-refractivity contribution in [2.24, 2.45) is 5.92 Å². The van der Waals surface area contributed by atoms with Gasteiger partial charge in [-0.2, -0.15) is 0 Å². The molecule has 80 valence electrons. The highest BCUT2D eigenvalue weighted by Crippen LogP contribution is 2.17. The van der Waals surface area contributed by atoms with Gasteiger partial charge in [-0.05, 0) is 49.7 Å². The summed E-state index contributed by atoms with van der Waals surface area (Å²) in [6.07, 6.45) is 0.569. The third-order valence-corrected chi connectivity index (χ3v) is 2.83. The van der Waals surface area contributed by atoms with Crippen LogP contribution in [0.4, 0.5) is 4.39 Å². The Labute approximate surface area is 88.5 Å². The Hall–Kier alpha value is -1.22. The van der Waals surface area contributed by atoms with Crippen molar-refractivity contribution in [3.05, 3.63) is 35.1 Å². The summed E-state index contributed by atoms with van der Waals surface area (Å²) in [7, 11) is 0. The molecule has 2 nitrogen and oxygen atoms in total. The lowest BCUT2D eigenvalue weighted by molar-refractivity contribution is 0.0945. The zero-order chi connectivity index (χ0) is 10.8. The smallest absolute Gasteiger partial charge is 0.163 e. The standard InChI is InChI=1S/C12H14FNO/c1-8-4-10(13)2-3-11(8)12(15)5-9-6-14-7-9/h2-4,9,14H,5-7H2,1H3. The van der Waals surface area contributed by atoms with E-state index in [-0.39, 0.29) is 11.6 Å². The second-order valence-electron chi connectivity index (χ2n) is 4.11. The van der Waals surface area contributed by atoms with Gasteiger partial charge in [0.05, 0.1) is 0 Å². The molecule has 1 fully saturated rings. The molecule has 0 bridgehead atoms. The second kappa shape index (κ2) is 4.11. The molecule has 0 unspecified atom stereocenters. The topological polar surface area (TPSA) is 29.1 Å². The molecular weight excluding hydrogens is 193 g/mol. The van der Waals surface area contributed by atoms with Crippen LogP contribution in [0.1, 0.15) is 22.3 Å². The number of Topliss-reactive ketones (excluding diaryl/α,β-unsaturated/α-hetero) is 1. The number of halogens is 1. The third-order valence-electron chi connectivity index (χ3n) is 2.83. The molecule has 1 aromatic rings. The molecular formula is C12H14FNO. The van der Waals surface area contributed by atoms with Crippen LogP contribution < -0.4 is 5.32 Å². The van der Waals surface area contributed by atoms with Crippen molar-refractivity contribution in [3.63, 3.8) is 0 Å². The Bertz CT molecular complexity index is 385. The SMILES string of the molecule is Cc1cc(F)ccc1C(=O)CC1CNC1. The molecule has 15 heavy (non-hydrogen) atoms. The summed E-state index contributed by atoms with van der Waals surface area (Å²) in [6.45, 7) is 3.62. The summed E-state index contributed by atoms with van der Waals surface area (Å²) in [5.74, 6) is 0.301. The van der Waals surface area contributed by atoms with E-state index < -0.39 is 0 Å². The van der Waals surface area contributed by atoms with Gasteiger partial charge in [0.15, 0.2) is 5.78 Å². The molecule has 0 saturated carbocycles. The van der Waals surface area contributed by atoms with Crippen molar-refractivity contribution in [1.29, 1.82) is 0 Å². The quantitative estimate of drug-likeness (QED) is 0.767. The summed E-state index contributed by atoms with van der Waals surface area (Å²) in [4.78, 5) is 11.8. The molecule has 1 saturated heterocycles. The minimum Gasteiger partial charge on any atom is -0.316 e. The van der Waals surface area contributed by atoms with Crippen LogP contribution in [0.3, 0.4) is 0 Å². The zero-order valence-electron chi connectivity index (χ0n) is 8.72. The van der Waals surface area contributed by atoms with E-state index in [4.69, 9.17) is 0 Å². The molecule has 1 aliphatic rings. The van der Waals surface area contributed by atoms with Gasteiger partial charge >= 0.3 is 0 Å². The second-order valence-corrected chi connectivity index (χ2v) is 4.11. The molecule has 0 spiro atoms. The lowest BCUT2D eigenvalue weighted by Gasteiger charge is -2.26. The molecule has 1 N–H and O–H groups in total. The van der Waals surface area contributed by atoms with E-state index in [1.807, 2.05) is 0 Å². The fraction of sp³-hybridized carbons (Fsp3) is 0.417. The van der Waals surface area contributed by atoms with Crippen LogP contribution in [0.2, 0.25) is 0 Å². The molecule has 0 aromatic heterocycles. The first kappa shape index (κ1) is 10.3. The normalized spacial score (nSPS) is 16.1. The number of ketones is 1. The van der Waals surface area contributed by atoms with E-state index >= 15 is 0 Å². The van der Waals surface area contributed by atoms with Gasteiger partial charge in [0, 0.05) is 12.0 Å². The van der Waals surface area contributed by atoms with Gasteiger partial charge < -0.3 is 5.32 Å². The molecule has 0 amide bonds. The van der Waals surface area contributed by atoms with E-state index in [0.717, 1.165) is 18.7 Å². The average molecular weight is 207 g/mol. The zero-order valence-corrected chi connectivity index (χ0v) is 8.72. The van der Waals surface area contributed by atoms with Crippen molar-refractivity contribution in [2.75, 3.05) is 13.1 Å². The van der Waals surface area contributed by atoms with E-state index in [9.17, 15) is 9.18 Å². The van der Waals surface area contributed by atoms with Crippen molar-refractivity contribution < 1.29 is 9.18 Å². The lowest BCUT2D eigenvalue weighted by Crippen LogP contribution is -2.43. The fourth-order valence-electron chi connectivity index (χ4n) is 1.80. The minimum absolute atomic E-state index is 0.124. The highest BCUT2D eigenvalue weighted by atomic mass is 19.1. The first-order valence-electron chi connectivity index (χ1n) is 5.17. The maximum absolute atomic E-state index is 12.8. The summed E-state index contributed by atoms with van der Waals surface area (Å²) >= 11 is 0. The first-order valence-corrected chi connectivity index (χ1v) is 5.17. The molecule has 0 radical (unpaired) electrons. The van der Waals surface area contributed by atoms with Crippen LogP contribution in [0.25, 0.3) is 0 Å². The average Bonchev–Trinajstić information content (AvgIpc) is 2.11. The number of benzene rings is 1. The van der Waals surface area contributed by atoms with Gasteiger partial charge in [0.1, 0.15) is 5.82 Å². The number of hydrogen-bond acceptors (Lipinski definition) is 2. The Morgan fingerprint density at radius 2 is 2.27 bits per heavy atom. The third kappa shape index (κ3) is 2.23. The fourth-order valence-corrected chi connectivity index (χ4v) is 1.80. The van der Waals surface area contributed by atoms with E-state index in [1.165, 1.54) is 12.1 Å². The Balaban J connectivity index is 2.10. The van der Waals surface area contributed by atoms with Crippen molar-refractivity contribution in [2.45, 2.75) is 13.3 Å². The highest BCUT2D eigenvalue weighted by molar-refractivity contribution is 5.97. The predicted octanol–water partition coefficient (Wildman–Crippen LogP) is 1.93. The van der Waals surface area contributed by atoms with Crippen LogP contribution in [-0.4, -0.2) is 18.9 Å². The van der Waals surface area contributed by atoms with Crippen molar-refractivity contribution in [1.82, 2.24) is 5.32 Å². The lowest BCUT2D eigenvalue weighted by atomic mass is 9.92. The number of nitrogens with one attached hydrogen (secondary N) is 1. The van der Waals surface area contributed by atoms with Crippen molar-refractivity contribution >= 4 is 5.78 Å². The van der Waals surface area contributed by atoms with Gasteiger partial charge in [0.25, 0.3) is 0 Å². The van der Waals surface area contributed by atoms with Gasteiger partial charge in [-0.3, -0.25) is 4.79 Å². The van der Waals surface area contributed by atoms with Gasteiger partial charge in [-0.25, -0.2) is 4.39 Å². The molecule has 2 rings (SSSR count). The van der Waals surface area contributed by atoms with Crippen LogP contribution in [-0.2, 0) is 0 Å². The van der Waals surface area contributed by atoms with Gasteiger partial charge in [0.2, 0.25) is 0 Å².